The van der Waals surface area contributed by atoms with Crippen molar-refractivity contribution in [3.05, 3.63) is 60.2 Å². The number of hydrogen-bond acceptors (Lipinski definition) is 2. The van der Waals surface area contributed by atoms with Crippen LogP contribution in [0.4, 0.5) is 0 Å². The molecule has 21 heavy (non-hydrogen) atoms. The summed E-state index contributed by atoms with van der Waals surface area (Å²) < 4.78 is 5.41. The van der Waals surface area contributed by atoms with Gasteiger partial charge in [-0.15, -0.1) is 0 Å². The Kier molecular flexibility index (Phi) is 5.56. The molecule has 0 fully saturated rings. The minimum atomic E-state index is -0.237. The summed E-state index contributed by atoms with van der Waals surface area (Å²) in [7, 11) is 0. The Morgan fingerprint density at radius 1 is 1.19 bits per heavy atom. The third-order valence-electron chi connectivity index (χ3n) is 3.55. The molecule has 2 heteroatoms. The van der Waals surface area contributed by atoms with Crippen molar-refractivity contribution in [2.45, 2.75) is 26.7 Å². The molecule has 0 saturated carbocycles. The number of benzene rings is 2. The third kappa shape index (κ3) is 4.45. The molecule has 0 N–H and O–H groups in total. The first-order valence-electron chi connectivity index (χ1n) is 7.48. The first kappa shape index (κ1) is 15.3. The van der Waals surface area contributed by atoms with E-state index >= 15 is 0 Å². The summed E-state index contributed by atoms with van der Waals surface area (Å²) in [5, 5.41) is 2.20. The monoisotopic (exact) mass is 282 g/mol. The van der Waals surface area contributed by atoms with Gasteiger partial charge in [-0.3, -0.25) is 0 Å². The van der Waals surface area contributed by atoms with Gasteiger partial charge in [0.05, 0.1) is 12.2 Å². The Bertz CT molecular complexity index is 628. The molecule has 0 aliphatic heterocycles. The maximum atomic E-state index is 12.1. The fraction of sp³-hybridized carbons (Fsp3) is 0.316. The fourth-order valence-electron chi connectivity index (χ4n) is 2.25. The maximum Gasteiger partial charge on any atom is 0.338 e. The van der Waals surface area contributed by atoms with Crippen LogP contribution in [0.5, 0.6) is 0 Å². The van der Waals surface area contributed by atoms with Crippen molar-refractivity contribution in [2.24, 2.45) is 5.92 Å². The zero-order valence-electron chi connectivity index (χ0n) is 12.7. The number of fused-ring (bicyclic) bond motifs is 1. The lowest BCUT2D eigenvalue weighted by atomic mass is 10.1. The highest BCUT2D eigenvalue weighted by molar-refractivity contribution is 5.95. The van der Waals surface area contributed by atoms with Gasteiger partial charge in [0.1, 0.15) is 0 Å². The smallest absolute Gasteiger partial charge is 0.338 e. The second-order valence-electron chi connectivity index (χ2n) is 5.41. The molecule has 0 aliphatic rings. The standard InChI is InChI=1S/C19H22O2/c1-3-4-5-8-15(2)14-21-19(20)18-12-11-16-9-6-7-10-17(16)13-18/h3-4,6-7,9-13,15H,5,8,14H2,1-2H3/b4-3+. The topological polar surface area (TPSA) is 26.3 Å². The highest BCUT2D eigenvalue weighted by Gasteiger charge is 2.10. The van der Waals surface area contributed by atoms with Crippen molar-refractivity contribution < 1.29 is 9.53 Å². The van der Waals surface area contributed by atoms with Crippen LogP contribution in [0.15, 0.2) is 54.6 Å². The van der Waals surface area contributed by atoms with Gasteiger partial charge in [-0.2, -0.15) is 0 Å². The average Bonchev–Trinajstić information content (AvgIpc) is 2.52. The quantitative estimate of drug-likeness (QED) is 0.551. The van der Waals surface area contributed by atoms with Crippen molar-refractivity contribution >= 4 is 16.7 Å². The van der Waals surface area contributed by atoms with E-state index in [1.54, 1.807) is 0 Å². The van der Waals surface area contributed by atoms with Crippen LogP contribution in [0.25, 0.3) is 10.8 Å². The van der Waals surface area contributed by atoms with Gasteiger partial charge in [0.2, 0.25) is 0 Å². The van der Waals surface area contributed by atoms with Gasteiger partial charge in [-0.25, -0.2) is 4.79 Å². The van der Waals surface area contributed by atoms with Crippen LogP contribution in [0.1, 0.15) is 37.0 Å². The van der Waals surface area contributed by atoms with E-state index in [-0.39, 0.29) is 5.97 Å². The number of carbonyl (C=O) groups is 1. The average molecular weight is 282 g/mol. The van der Waals surface area contributed by atoms with Gasteiger partial charge >= 0.3 is 5.97 Å². The van der Waals surface area contributed by atoms with Gasteiger partial charge in [0, 0.05) is 0 Å². The number of allylic oxidation sites excluding steroid dienone is 2. The second kappa shape index (κ2) is 7.63. The number of hydrogen-bond donors (Lipinski definition) is 0. The molecule has 2 aromatic carbocycles. The third-order valence-corrected chi connectivity index (χ3v) is 3.55. The van der Waals surface area contributed by atoms with Crippen LogP contribution >= 0.6 is 0 Å². The molecule has 0 aromatic heterocycles. The molecular formula is C19H22O2. The summed E-state index contributed by atoms with van der Waals surface area (Å²) in [6, 6.07) is 13.7. The normalized spacial score (nSPS) is 12.7. The predicted octanol–water partition coefficient (Wildman–Crippen LogP) is 4.99. The number of rotatable bonds is 6. The van der Waals surface area contributed by atoms with Crippen LogP contribution in [0, 0.1) is 5.92 Å². The summed E-state index contributed by atoms with van der Waals surface area (Å²) in [5.41, 5.74) is 0.620. The molecule has 0 radical (unpaired) electrons. The maximum absolute atomic E-state index is 12.1. The van der Waals surface area contributed by atoms with Crippen LogP contribution in [-0.4, -0.2) is 12.6 Å². The highest BCUT2D eigenvalue weighted by atomic mass is 16.5. The summed E-state index contributed by atoms with van der Waals surface area (Å²) in [4.78, 5) is 12.1. The lowest BCUT2D eigenvalue weighted by Gasteiger charge is -2.11. The summed E-state index contributed by atoms with van der Waals surface area (Å²) in [6.45, 7) is 4.60. The van der Waals surface area contributed by atoms with Gasteiger partial charge in [-0.05, 0) is 48.6 Å². The lowest BCUT2D eigenvalue weighted by molar-refractivity contribution is 0.0445. The highest BCUT2D eigenvalue weighted by Crippen LogP contribution is 2.17. The number of carbonyl (C=O) groups excluding carboxylic acids is 1. The Hall–Kier alpha value is -2.09. The molecular weight excluding hydrogens is 260 g/mol. The molecule has 0 aliphatic carbocycles. The van der Waals surface area contributed by atoms with Gasteiger partial charge in [-0.1, -0.05) is 49.4 Å². The summed E-state index contributed by atoms with van der Waals surface area (Å²) in [6.07, 6.45) is 6.26. The Balaban J connectivity index is 1.92. The molecule has 0 amide bonds. The molecule has 2 rings (SSSR count). The molecule has 2 aromatic rings. The number of esters is 1. The largest absolute Gasteiger partial charge is 0.462 e. The van der Waals surface area contributed by atoms with Crippen LogP contribution in [0.2, 0.25) is 0 Å². The van der Waals surface area contributed by atoms with Crippen LogP contribution in [-0.2, 0) is 4.74 Å². The van der Waals surface area contributed by atoms with E-state index < -0.39 is 0 Å². The van der Waals surface area contributed by atoms with Crippen molar-refractivity contribution in [3.8, 4) is 0 Å². The molecule has 1 unspecified atom stereocenters. The second-order valence-corrected chi connectivity index (χ2v) is 5.41. The van der Waals surface area contributed by atoms with E-state index in [1.165, 1.54) is 0 Å². The van der Waals surface area contributed by atoms with E-state index in [0.29, 0.717) is 18.1 Å². The molecule has 2 nitrogen and oxygen atoms in total. The summed E-state index contributed by atoms with van der Waals surface area (Å²) >= 11 is 0. The molecule has 1 atom stereocenters. The minimum absolute atomic E-state index is 0.237. The van der Waals surface area contributed by atoms with Gasteiger partial charge in [0.15, 0.2) is 0 Å². The molecule has 110 valence electrons. The van der Waals surface area contributed by atoms with E-state index in [0.717, 1.165) is 23.6 Å². The molecule has 0 saturated heterocycles. The van der Waals surface area contributed by atoms with Crippen LogP contribution < -0.4 is 0 Å². The minimum Gasteiger partial charge on any atom is -0.462 e. The zero-order valence-corrected chi connectivity index (χ0v) is 12.7. The van der Waals surface area contributed by atoms with E-state index in [1.807, 2.05) is 55.5 Å². The van der Waals surface area contributed by atoms with Crippen LogP contribution in [0.3, 0.4) is 0 Å². The fourth-order valence-corrected chi connectivity index (χ4v) is 2.25. The summed E-state index contributed by atoms with van der Waals surface area (Å²) in [5.74, 6) is 0.143. The van der Waals surface area contributed by atoms with E-state index in [9.17, 15) is 4.79 Å². The Labute approximate surface area is 126 Å². The van der Waals surface area contributed by atoms with E-state index in [4.69, 9.17) is 4.74 Å². The molecule has 0 bridgehead atoms. The van der Waals surface area contributed by atoms with Crippen molar-refractivity contribution in [1.82, 2.24) is 0 Å². The predicted molar refractivity (Wildman–Crippen MR) is 87.4 cm³/mol. The van der Waals surface area contributed by atoms with Gasteiger partial charge in [0.25, 0.3) is 0 Å². The Morgan fingerprint density at radius 3 is 2.71 bits per heavy atom. The van der Waals surface area contributed by atoms with E-state index in [2.05, 4.69) is 13.0 Å². The van der Waals surface area contributed by atoms with Crippen molar-refractivity contribution in [3.63, 3.8) is 0 Å². The molecule has 0 spiro atoms. The van der Waals surface area contributed by atoms with Crippen molar-refractivity contribution in [1.29, 1.82) is 0 Å². The van der Waals surface area contributed by atoms with Crippen molar-refractivity contribution in [2.75, 3.05) is 6.61 Å². The SMILES string of the molecule is C/C=C/CCC(C)COC(=O)c1ccc2ccccc2c1. The first-order chi connectivity index (χ1) is 10.2. The van der Waals surface area contributed by atoms with Gasteiger partial charge < -0.3 is 4.74 Å². The number of ether oxygens (including phenoxy) is 1. The zero-order chi connectivity index (χ0) is 15.1. The lowest BCUT2D eigenvalue weighted by Crippen LogP contribution is -2.12. The Morgan fingerprint density at radius 2 is 1.95 bits per heavy atom. The first-order valence-corrected chi connectivity index (χ1v) is 7.48. The molecule has 0 heterocycles.